The summed E-state index contributed by atoms with van der Waals surface area (Å²) in [6.07, 6.45) is 1.13. The first-order valence-corrected chi connectivity index (χ1v) is 7.35. The first-order valence-electron chi connectivity index (χ1n) is 6.53. The maximum atomic E-state index is 6.26. The van der Waals surface area contributed by atoms with E-state index in [2.05, 4.69) is 44.7 Å². The molecule has 0 spiro atoms. The van der Waals surface area contributed by atoms with Gasteiger partial charge in [-0.15, -0.1) is 11.3 Å². The summed E-state index contributed by atoms with van der Waals surface area (Å²) in [6.45, 7) is 11.3. The van der Waals surface area contributed by atoms with Gasteiger partial charge < -0.3 is 5.73 Å². The Labute approximate surface area is 109 Å². The number of nitrogens with two attached hydrogens (primary N) is 1. The molecule has 1 fully saturated rings. The van der Waals surface area contributed by atoms with E-state index in [1.54, 1.807) is 0 Å². The van der Waals surface area contributed by atoms with Crippen LogP contribution in [0.4, 0.5) is 0 Å². The molecule has 1 saturated heterocycles. The molecule has 2 rings (SSSR count). The fourth-order valence-electron chi connectivity index (χ4n) is 2.54. The first-order chi connectivity index (χ1) is 7.93. The number of rotatable bonds is 2. The van der Waals surface area contributed by atoms with Gasteiger partial charge in [0.1, 0.15) is 0 Å². The van der Waals surface area contributed by atoms with E-state index < -0.39 is 0 Å². The Bertz CT molecular complexity index is 378. The van der Waals surface area contributed by atoms with Gasteiger partial charge in [-0.05, 0) is 30.5 Å². The predicted molar refractivity (Wildman–Crippen MR) is 75.6 cm³/mol. The van der Waals surface area contributed by atoms with Crippen LogP contribution in [-0.2, 0) is 5.41 Å². The normalized spacial score (nSPS) is 26.6. The molecule has 96 valence electrons. The number of nitrogens with zero attached hydrogens (tertiary/aromatic N) is 1. The Morgan fingerprint density at radius 1 is 1.41 bits per heavy atom. The van der Waals surface area contributed by atoms with Crippen molar-refractivity contribution in [2.24, 2.45) is 5.73 Å². The minimum Gasteiger partial charge on any atom is -0.326 e. The summed E-state index contributed by atoms with van der Waals surface area (Å²) in [6, 6.07) is 5.31. The van der Waals surface area contributed by atoms with Crippen LogP contribution in [0.1, 0.15) is 49.9 Å². The fraction of sp³-hybridized carbons (Fsp3) is 0.714. The van der Waals surface area contributed by atoms with Crippen molar-refractivity contribution in [3.63, 3.8) is 0 Å². The van der Waals surface area contributed by atoms with Gasteiger partial charge in [0.05, 0.1) is 6.04 Å². The van der Waals surface area contributed by atoms with Crippen molar-refractivity contribution in [1.82, 2.24) is 4.90 Å². The summed E-state index contributed by atoms with van der Waals surface area (Å²) < 4.78 is 0. The van der Waals surface area contributed by atoms with Crippen molar-refractivity contribution >= 4 is 11.3 Å². The molecule has 17 heavy (non-hydrogen) atoms. The van der Waals surface area contributed by atoms with E-state index in [0.29, 0.717) is 12.1 Å². The monoisotopic (exact) mass is 252 g/mol. The summed E-state index contributed by atoms with van der Waals surface area (Å²) in [5.41, 5.74) is 6.51. The molecule has 0 amide bonds. The third-order valence-electron chi connectivity index (χ3n) is 3.61. The summed E-state index contributed by atoms with van der Waals surface area (Å²) in [7, 11) is 0. The summed E-state index contributed by atoms with van der Waals surface area (Å²) in [4.78, 5) is 5.41. The molecule has 3 heteroatoms. The van der Waals surface area contributed by atoms with Crippen LogP contribution in [0.3, 0.4) is 0 Å². The molecule has 2 heterocycles. The van der Waals surface area contributed by atoms with E-state index in [0.717, 1.165) is 19.5 Å². The van der Waals surface area contributed by atoms with Crippen LogP contribution < -0.4 is 5.73 Å². The highest BCUT2D eigenvalue weighted by Gasteiger charge is 2.33. The van der Waals surface area contributed by atoms with Crippen molar-refractivity contribution in [1.29, 1.82) is 0 Å². The van der Waals surface area contributed by atoms with Crippen molar-refractivity contribution < 1.29 is 0 Å². The molecule has 2 unspecified atom stereocenters. The highest BCUT2D eigenvalue weighted by Crippen LogP contribution is 2.38. The van der Waals surface area contributed by atoms with Gasteiger partial charge in [-0.1, -0.05) is 27.7 Å². The average Bonchev–Trinajstić information content (AvgIpc) is 2.82. The molecule has 1 aliphatic rings. The standard InChI is InChI=1S/C14H24N2S/c1-5-16-9-8-10(15)13(16)11-6-7-12(17-11)14(2,3)4/h6-7,10,13H,5,8-9,15H2,1-4H3. The lowest BCUT2D eigenvalue weighted by atomic mass is 9.95. The van der Waals surface area contributed by atoms with Gasteiger partial charge in [-0.3, -0.25) is 4.90 Å². The highest BCUT2D eigenvalue weighted by atomic mass is 32.1. The Morgan fingerprint density at radius 3 is 2.65 bits per heavy atom. The molecule has 1 aromatic rings. The van der Waals surface area contributed by atoms with Crippen LogP contribution in [0.25, 0.3) is 0 Å². The molecule has 1 aromatic heterocycles. The lowest BCUT2D eigenvalue weighted by Crippen LogP contribution is -2.31. The summed E-state index contributed by atoms with van der Waals surface area (Å²) in [5.74, 6) is 0. The van der Waals surface area contributed by atoms with E-state index in [-0.39, 0.29) is 5.41 Å². The molecule has 1 aliphatic heterocycles. The van der Waals surface area contributed by atoms with E-state index in [1.807, 2.05) is 11.3 Å². The minimum atomic E-state index is 0.253. The SMILES string of the molecule is CCN1CCC(N)C1c1ccc(C(C)(C)C)s1. The Hall–Kier alpha value is -0.380. The molecule has 0 radical (unpaired) electrons. The second-order valence-corrected chi connectivity index (χ2v) is 7.09. The van der Waals surface area contributed by atoms with Crippen molar-refractivity contribution in [2.75, 3.05) is 13.1 Å². The Balaban J connectivity index is 2.24. The van der Waals surface area contributed by atoms with Gasteiger partial charge in [0.15, 0.2) is 0 Å². The Kier molecular flexibility index (Phi) is 3.62. The van der Waals surface area contributed by atoms with Crippen LogP contribution in [0.2, 0.25) is 0 Å². The molecule has 2 nitrogen and oxygen atoms in total. The molecule has 0 bridgehead atoms. The van der Waals surface area contributed by atoms with Gasteiger partial charge in [0.25, 0.3) is 0 Å². The molecule has 0 aliphatic carbocycles. The smallest absolute Gasteiger partial charge is 0.0593 e. The number of thiophene rings is 1. The highest BCUT2D eigenvalue weighted by molar-refractivity contribution is 7.12. The molecule has 2 atom stereocenters. The molecular formula is C14H24N2S. The van der Waals surface area contributed by atoms with Crippen LogP contribution in [0.5, 0.6) is 0 Å². The third-order valence-corrected chi connectivity index (χ3v) is 5.19. The van der Waals surface area contributed by atoms with Crippen LogP contribution in [0.15, 0.2) is 12.1 Å². The topological polar surface area (TPSA) is 29.3 Å². The summed E-state index contributed by atoms with van der Waals surface area (Å²) >= 11 is 1.94. The van der Waals surface area contributed by atoms with E-state index in [1.165, 1.54) is 9.75 Å². The maximum absolute atomic E-state index is 6.26. The van der Waals surface area contributed by atoms with E-state index in [9.17, 15) is 0 Å². The second kappa shape index (κ2) is 4.71. The number of hydrogen-bond acceptors (Lipinski definition) is 3. The zero-order valence-corrected chi connectivity index (χ0v) is 12.2. The van der Waals surface area contributed by atoms with Gasteiger partial charge in [0, 0.05) is 22.3 Å². The lowest BCUT2D eigenvalue weighted by molar-refractivity contribution is 0.264. The first kappa shape index (κ1) is 13.1. The van der Waals surface area contributed by atoms with Gasteiger partial charge in [-0.2, -0.15) is 0 Å². The van der Waals surface area contributed by atoms with Crippen LogP contribution >= 0.6 is 11.3 Å². The predicted octanol–water partition coefficient (Wildman–Crippen LogP) is 3.14. The van der Waals surface area contributed by atoms with Gasteiger partial charge in [-0.25, -0.2) is 0 Å². The lowest BCUT2D eigenvalue weighted by Gasteiger charge is -2.24. The fourth-order valence-corrected chi connectivity index (χ4v) is 3.82. The van der Waals surface area contributed by atoms with Crippen LogP contribution in [0, 0.1) is 0 Å². The number of likely N-dealkylation sites (tertiary alicyclic amines) is 1. The average molecular weight is 252 g/mol. The molecule has 0 saturated carbocycles. The molecule has 0 aromatic carbocycles. The second-order valence-electron chi connectivity index (χ2n) is 5.98. The van der Waals surface area contributed by atoms with Gasteiger partial charge >= 0.3 is 0 Å². The summed E-state index contributed by atoms with van der Waals surface area (Å²) in [5, 5.41) is 0. The maximum Gasteiger partial charge on any atom is 0.0593 e. The van der Waals surface area contributed by atoms with Crippen LogP contribution in [-0.4, -0.2) is 24.0 Å². The van der Waals surface area contributed by atoms with E-state index in [4.69, 9.17) is 5.73 Å². The van der Waals surface area contributed by atoms with Crippen molar-refractivity contribution in [3.8, 4) is 0 Å². The zero-order valence-electron chi connectivity index (χ0n) is 11.4. The largest absolute Gasteiger partial charge is 0.326 e. The Morgan fingerprint density at radius 2 is 2.12 bits per heavy atom. The third kappa shape index (κ3) is 2.56. The molecular weight excluding hydrogens is 228 g/mol. The number of hydrogen-bond donors (Lipinski definition) is 1. The van der Waals surface area contributed by atoms with Crippen molar-refractivity contribution in [3.05, 3.63) is 21.9 Å². The van der Waals surface area contributed by atoms with Crippen molar-refractivity contribution in [2.45, 2.75) is 51.6 Å². The minimum absolute atomic E-state index is 0.253. The molecule has 2 N–H and O–H groups in total. The van der Waals surface area contributed by atoms with E-state index >= 15 is 0 Å². The zero-order chi connectivity index (χ0) is 12.6. The quantitative estimate of drug-likeness (QED) is 0.876. The number of likely N-dealkylation sites (N-methyl/N-ethyl adjacent to an activating group) is 1. The van der Waals surface area contributed by atoms with Gasteiger partial charge in [0.2, 0.25) is 0 Å².